The first-order valence-corrected chi connectivity index (χ1v) is 9.06. The van der Waals surface area contributed by atoms with Crippen LogP contribution in [0.1, 0.15) is 11.1 Å². The summed E-state index contributed by atoms with van der Waals surface area (Å²) in [5, 5.41) is 14.0. The lowest BCUT2D eigenvalue weighted by molar-refractivity contribution is -0.134. The van der Waals surface area contributed by atoms with Crippen molar-refractivity contribution in [3.63, 3.8) is 0 Å². The molecule has 28 heavy (non-hydrogen) atoms. The van der Waals surface area contributed by atoms with E-state index in [1.54, 1.807) is 24.3 Å². The summed E-state index contributed by atoms with van der Waals surface area (Å²) in [6.07, 6.45) is 2.20. The van der Waals surface area contributed by atoms with E-state index in [4.69, 9.17) is 21.1 Å². The van der Waals surface area contributed by atoms with Gasteiger partial charge in [-0.3, -0.25) is 0 Å². The SMILES string of the molecule is COC(=O)/C=C/c1ccc(OCC(O)CNc2cccc(Cl)c2C)c(OC)c1. The van der Waals surface area contributed by atoms with Gasteiger partial charge in [0.25, 0.3) is 0 Å². The average molecular weight is 406 g/mol. The Balaban J connectivity index is 1.93. The lowest BCUT2D eigenvalue weighted by Gasteiger charge is -2.17. The fourth-order valence-corrected chi connectivity index (χ4v) is 2.59. The van der Waals surface area contributed by atoms with Gasteiger partial charge in [0.05, 0.1) is 14.2 Å². The maximum absolute atomic E-state index is 11.2. The summed E-state index contributed by atoms with van der Waals surface area (Å²) < 4.78 is 15.6. The standard InChI is InChI=1S/C21H24ClNO5/c1-14-17(22)5-4-6-18(14)23-12-16(24)13-28-19-9-7-15(11-20(19)26-2)8-10-21(25)27-3/h4-11,16,23-24H,12-13H2,1-3H3/b10-8+. The number of methoxy groups -OCH3 is 2. The van der Waals surface area contributed by atoms with Gasteiger partial charge in [0.15, 0.2) is 11.5 Å². The zero-order valence-corrected chi connectivity index (χ0v) is 16.8. The van der Waals surface area contributed by atoms with Crippen molar-refractivity contribution in [2.24, 2.45) is 0 Å². The van der Waals surface area contributed by atoms with Crippen molar-refractivity contribution in [1.29, 1.82) is 0 Å². The summed E-state index contributed by atoms with van der Waals surface area (Å²) in [4.78, 5) is 11.2. The summed E-state index contributed by atoms with van der Waals surface area (Å²) in [6, 6.07) is 10.8. The molecule has 2 rings (SSSR count). The van der Waals surface area contributed by atoms with E-state index in [1.165, 1.54) is 20.3 Å². The van der Waals surface area contributed by atoms with E-state index in [1.807, 2.05) is 25.1 Å². The number of aliphatic hydroxyl groups is 1. The van der Waals surface area contributed by atoms with E-state index in [-0.39, 0.29) is 6.61 Å². The monoisotopic (exact) mass is 405 g/mol. The maximum atomic E-state index is 11.2. The Morgan fingerprint density at radius 3 is 2.75 bits per heavy atom. The van der Waals surface area contributed by atoms with Crippen LogP contribution in [0.5, 0.6) is 11.5 Å². The molecule has 0 saturated carbocycles. The molecule has 2 aromatic carbocycles. The molecule has 0 aromatic heterocycles. The zero-order chi connectivity index (χ0) is 20.5. The van der Waals surface area contributed by atoms with Gasteiger partial charge in [-0.1, -0.05) is 23.7 Å². The third-order valence-electron chi connectivity index (χ3n) is 4.03. The van der Waals surface area contributed by atoms with Crippen molar-refractivity contribution in [2.75, 3.05) is 32.7 Å². The molecular formula is C21H24ClNO5. The summed E-state index contributed by atoms with van der Waals surface area (Å²) in [5.41, 5.74) is 2.55. The van der Waals surface area contributed by atoms with Crippen LogP contribution in [0.3, 0.4) is 0 Å². The second-order valence-corrected chi connectivity index (χ2v) is 6.43. The molecule has 0 aliphatic rings. The molecule has 1 atom stereocenters. The maximum Gasteiger partial charge on any atom is 0.330 e. The molecule has 0 aliphatic heterocycles. The molecule has 2 aromatic rings. The van der Waals surface area contributed by atoms with E-state index < -0.39 is 12.1 Å². The molecule has 0 fully saturated rings. The molecule has 0 saturated heterocycles. The topological polar surface area (TPSA) is 77.0 Å². The number of rotatable bonds is 9. The predicted molar refractivity (Wildman–Crippen MR) is 110 cm³/mol. The van der Waals surface area contributed by atoms with Crippen molar-refractivity contribution in [2.45, 2.75) is 13.0 Å². The molecule has 0 heterocycles. The van der Waals surface area contributed by atoms with Crippen LogP contribution in [0.25, 0.3) is 6.08 Å². The number of esters is 1. The Hall–Kier alpha value is -2.70. The second-order valence-electron chi connectivity index (χ2n) is 6.02. The van der Waals surface area contributed by atoms with Crippen LogP contribution in [0.4, 0.5) is 5.69 Å². The number of ether oxygens (including phenoxy) is 3. The molecule has 150 valence electrons. The van der Waals surface area contributed by atoms with Crippen LogP contribution in [0.15, 0.2) is 42.5 Å². The summed E-state index contributed by atoms with van der Waals surface area (Å²) >= 11 is 6.09. The van der Waals surface area contributed by atoms with Gasteiger partial charge in [0, 0.05) is 23.3 Å². The van der Waals surface area contributed by atoms with Crippen LogP contribution in [-0.2, 0) is 9.53 Å². The smallest absolute Gasteiger partial charge is 0.330 e. The number of carbonyl (C=O) groups excluding carboxylic acids is 1. The average Bonchev–Trinajstić information content (AvgIpc) is 2.71. The van der Waals surface area contributed by atoms with Crippen molar-refractivity contribution in [3.05, 3.63) is 58.6 Å². The minimum atomic E-state index is -0.734. The Morgan fingerprint density at radius 1 is 1.25 bits per heavy atom. The number of aliphatic hydroxyl groups excluding tert-OH is 1. The molecule has 2 N–H and O–H groups in total. The molecule has 1 unspecified atom stereocenters. The summed E-state index contributed by atoms with van der Waals surface area (Å²) in [6.45, 7) is 2.30. The van der Waals surface area contributed by atoms with Gasteiger partial charge >= 0.3 is 5.97 Å². The predicted octanol–water partition coefficient (Wildman–Crippen LogP) is 3.70. The Kier molecular flexibility index (Phi) is 8.17. The Morgan fingerprint density at radius 2 is 2.04 bits per heavy atom. The Bertz CT molecular complexity index is 838. The number of nitrogens with one attached hydrogen (secondary N) is 1. The van der Waals surface area contributed by atoms with Crippen molar-refractivity contribution < 1.29 is 24.1 Å². The van der Waals surface area contributed by atoms with Crippen molar-refractivity contribution in [3.8, 4) is 11.5 Å². The van der Waals surface area contributed by atoms with Crippen LogP contribution < -0.4 is 14.8 Å². The third kappa shape index (κ3) is 6.18. The first-order valence-electron chi connectivity index (χ1n) is 8.68. The highest BCUT2D eigenvalue weighted by molar-refractivity contribution is 6.31. The van der Waals surface area contributed by atoms with Crippen LogP contribution in [-0.4, -0.2) is 44.6 Å². The van der Waals surface area contributed by atoms with Gasteiger partial charge in [0.2, 0.25) is 0 Å². The number of carbonyl (C=O) groups is 1. The fraction of sp³-hybridized carbons (Fsp3) is 0.286. The van der Waals surface area contributed by atoms with Crippen molar-refractivity contribution >= 4 is 29.3 Å². The normalized spacial score (nSPS) is 11.9. The van der Waals surface area contributed by atoms with Gasteiger partial charge in [-0.15, -0.1) is 0 Å². The third-order valence-corrected chi connectivity index (χ3v) is 4.44. The summed E-state index contributed by atoms with van der Waals surface area (Å²) in [7, 11) is 2.84. The van der Waals surface area contributed by atoms with Crippen LogP contribution >= 0.6 is 11.6 Å². The molecule has 0 bridgehead atoms. The van der Waals surface area contributed by atoms with Gasteiger partial charge in [0.1, 0.15) is 12.7 Å². The first kappa shape index (κ1) is 21.6. The highest BCUT2D eigenvalue weighted by Crippen LogP contribution is 2.29. The first-order chi connectivity index (χ1) is 13.4. The highest BCUT2D eigenvalue weighted by Gasteiger charge is 2.10. The number of hydrogen-bond donors (Lipinski definition) is 2. The van der Waals surface area contributed by atoms with Crippen molar-refractivity contribution in [1.82, 2.24) is 0 Å². The van der Waals surface area contributed by atoms with E-state index in [9.17, 15) is 9.90 Å². The van der Waals surface area contributed by atoms with Gasteiger partial charge in [-0.25, -0.2) is 4.79 Å². The molecule has 6 nitrogen and oxygen atoms in total. The van der Waals surface area contributed by atoms with Crippen LogP contribution in [0.2, 0.25) is 5.02 Å². The number of benzene rings is 2. The summed E-state index contributed by atoms with van der Waals surface area (Å²) in [5.74, 6) is 0.554. The van der Waals surface area contributed by atoms with Crippen LogP contribution in [0, 0.1) is 6.92 Å². The molecule has 0 radical (unpaired) electrons. The van der Waals surface area contributed by atoms with Gasteiger partial charge in [-0.2, -0.15) is 0 Å². The highest BCUT2D eigenvalue weighted by atomic mass is 35.5. The minimum Gasteiger partial charge on any atom is -0.493 e. The lowest BCUT2D eigenvalue weighted by Crippen LogP contribution is -2.26. The van der Waals surface area contributed by atoms with E-state index in [2.05, 4.69) is 10.1 Å². The zero-order valence-electron chi connectivity index (χ0n) is 16.1. The number of halogens is 1. The van der Waals surface area contributed by atoms with Gasteiger partial charge in [-0.05, 0) is 48.4 Å². The molecule has 0 spiro atoms. The van der Waals surface area contributed by atoms with Gasteiger partial charge < -0.3 is 24.6 Å². The largest absolute Gasteiger partial charge is 0.493 e. The Labute approximate surface area is 169 Å². The molecule has 7 heteroatoms. The molecular weight excluding hydrogens is 382 g/mol. The second kappa shape index (κ2) is 10.6. The van der Waals surface area contributed by atoms with E-state index in [0.29, 0.717) is 23.1 Å². The molecule has 0 aliphatic carbocycles. The minimum absolute atomic E-state index is 0.0837. The van der Waals surface area contributed by atoms with E-state index in [0.717, 1.165) is 16.8 Å². The number of hydrogen-bond acceptors (Lipinski definition) is 6. The number of anilines is 1. The molecule has 0 amide bonds. The quantitative estimate of drug-likeness (QED) is 0.489. The fourth-order valence-electron chi connectivity index (χ4n) is 2.41. The van der Waals surface area contributed by atoms with E-state index >= 15 is 0 Å². The lowest BCUT2D eigenvalue weighted by atomic mass is 10.2.